The van der Waals surface area contributed by atoms with Crippen molar-refractivity contribution in [3.05, 3.63) is 63.8 Å². The number of aromatic nitrogens is 1. The number of ether oxygens (including phenoxy) is 1. The fourth-order valence-electron chi connectivity index (χ4n) is 4.38. The van der Waals surface area contributed by atoms with Gasteiger partial charge in [-0.2, -0.15) is 0 Å². The highest BCUT2D eigenvalue weighted by atomic mass is 79.9. The second kappa shape index (κ2) is 6.35. The Kier molecular flexibility index (Phi) is 4.06. The van der Waals surface area contributed by atoms with Gasteiger partial charge in [-0.15, -0.1) is 0 Å². The SMILES string of the molecule is COc1cc(Br)ccc1C1c2[nH]c3ccccc3c2CCN1CC1(F)CC1. The number of nitrogens with zero attached hydrogens (tertiary/aromatic N) is 1. The number of H-pyrrole nitrogens is 1. The first-order valence-corrected chi connectivity index (χ1v) is 10.2. The Morgan fingerprint density at radius 1 is 1.26 bits per heavy atom. The summed E-state index contributed by atoms with van der Waals surface area (Å²) in [6.07, 6.45) is 2.28. The molecule has 0 spiro atoms. The lowest BCUT2D eigenvalue weighted by atomic mass is 9.91. The normalized spacial score (nSPS) is 21.2. The number of aromatic amines is 1. The van der Waals surface area contributed by atoms with Gasteiger partial charge in [0, 0.05) is 39.7 Å². The van der Waals surface area contributed by atoms with Crippen molar-refractivity contribution in [1.29, 1.82) is 0 Å². The molecular formula is C22H22BrFN2O. The molecule has 0 amide bonds. The minimum Gasteiger partial charge on any atom is -0.496 e. The average molecular weight is 429 g/mol. The fraction of sp³-hybridized carbons (Fsp3) is 0.364. The van der Waals surface area contributed by atoms with E-state index in [4.69, 9.17) is 4.74 Å². The number of fused-ring (bicyclic) bond motifs is 3. The van der Waals surface area contributed by atoms with Crippen LogP contribution < -0.4 is 4.74 Å². The van der Waals surface area contributed by atoms with E-state index >= 15 is 0 Å². The van der Waals surface area contributed by atoms with Crippen molar-refractivity contribution < 1.29 is 9.13 Å². The van der Waals surface area contributed by atoms with Crippen LogP contribution in [0.5, 0.6) is 5.75 Å². The zero-order chi connectivity index (χ0) is 18.6. The molecule has 1 unspecified atom stereocenters. The molecule has 2 aromatic carbocycles. The van der Waals surface area contributed by atoms with Gasteiger partial charge < -0.3 is 9.72 Å². The third-order valence-electron chi connectivity index (χ3n) is 5.90. The third kappa shape index (κ3) is 2.97. The molecule has 0 radical (unpaired) electrons. The summed E-state index contributed by atoms with van der Waals surface area (Å²) in [5, 5.41) is 1.27. The minimum atomic E-state index is -1.02. The molecule has 1 N–H and O–H groups in total. The summed E-state index contributed by atoms with van der Waals surface area (Å²) in [6.45, 7) is 1.33. The van der Waals surface area contributed by atoms with E-state index in [0.29, 0.717) is 19.4 Å². The first-order chi connectivity index (χ1) is 13.1. The average Bonchev–Trinajstić information content (AvgIpc) is 3.27. The molecule has 27 heavy (non-hydrogen) atoms. The summed E-state index contributed by atoms with van der Waals surface area (Å²) in [7, 11) is 1.70. The van der Waals surface area contributed by atoms with Crippen LogP contribution in [0.15, 0.2) is 46.9 Å². The number of methoxy groups -OCH3 is 1. The van der Waals surface area contributed by atoms with Gasteiger partial charge in [-0.1, -0.05) is 40.2 Å². The van der Waals surface area contributed by atoms with Crippen LogP contribution in [0.4, 0.5) is 4.39 Å². The molecule has 2 heterocycles. The predicted octanol–water partition coefficient (Wildman–Crippen LogP) is 5.39. The molecule has 5 heteroatoms. The van der Waals surface area contributed by atoms with Crippen molar-refractivity contribution >= 4 is 26.8 Å². The summed E-state index contributed by atoms with van der Waals surface area (Å²) >= 11 is 3.53. The van der Waals surface area contributed by atoms with Crippen molar-refractivity contribution in [2.75, 3.05) is 20.2 Å². The van der Waals surface area contributed by atoms with Gasteiger partial charge in [0.15, 0.2) is 0 Å². The molecule has 1 aliphatic heterocycles. The van der Waals surface area contributed by atoms with E-state index in [9.17, 15) is 4.39 Å². The lowest BCUT2D eigenvalue weighted by molar-refractivity contribution is 0.137. The fourth-order valence-corrected chi connectivity index (χ4v) is 4.72. The van der Waals surface area contributed by atoms with Crippen LogP contribution in [0.2, 0.25) is 0 Å². The van der Waals surface area contributed by atoms with Crippen LogP contribution in [-0.2, 0) is 6.42 Å². The van der Waals surface area contributed by atoms with Crippen LogP contribution >= 0.6 is 15.9 Å². The van der Waals surface area contributed by atoms with Gasteiger partial charge in [0.1, 0.15) is 11.4 Å². The second-order valence-corrected chi connectivity index (χ2v) is 8.64. The van der Waals surface area contributed by atoms with Crippen molar-refractivity contribution in [3.8, 4) is 5.75 Å². The first-order valence-electron chi connectivity index (χ1n) is 9.44. The quantitative estimate of drug-likeness (QED) is 0.603. The Morgan fingerprint density at radius 2 is 2.07 bits per heavy atom. The van der Waals surface area contributed by atoms with E-state index in [0.717, 1.165) is 34.3 Å². The Balaban J connectivity index is 1.68. The third-order valence-corrected chi connectivity index (χ3v) is 6.40. The summed E-state index contributed by atoms with van der Waals surface area (Å²) in [5.41, 5.74) is 3.72. The Morgan fingerprint density at radius 3 is 2.85 bits per heavy atom. The standard InChI is InChI=1S/C22H22BrFN2O/c1-27-19-12-14(23)6-7-17(19)21-20-16(15-4-2-3-5-18(15)25-20)8-11-26(21)13-22(24)9-10-22/h2-7,12,21,25H,8-11,13H2,1H3. The zero-order valence-electron chi connectivity index (χ0n) is 15.3. The van der Waals surface area contributed by atoms with Crippen molar-refractivity contribution in [2.45, 2.75) is 31.0 Å². The van der Waals surface area contributed by atoms with Crippen LogP contribution in [0, 0.1) is 0 Å². The molecule has 5 rings (SSSR count). The van der Waals surface area contributed by atoms with E-state index in [2.05, 4.69) is 56.1 Å². The Hall–Kier alpha value is -1.85. The van der Waals surface area contributed by atoms with Crippen LogP contribution in [0.25, 0.3) is 10.9 Å². The van der Waals surface area contributed by atoms with Gasteiger partial charge in [0.05, 0.1) is 13.2 Å². The minimum absolute atomic E-state index is 0.0302. The molecule has 1 fully saturated rings. The van der Waals surface area contributed by atoms with E-state index in [1.165, 1.54) is 16.6 Å². The van der Waals surface area contributed by atoms with Gasteiger partial charge in [-0.3, -0.25) is 4.90 Å². The van der Waals surface area contributed by atoms with Crippen molar-refractivity contribution in [2.24, 2.45) is 0 Å². The molecule has 1 aromatic heterocycles. The second-order valence-electron chi connectivity index (χ2n) is 7.72. The number of nitrogens with one attached hydrogen (secondary N) is 1. The molecule has 2 aliphatic rings. The highest BCUT2D eigenvalue weighted by Crippen LogP contribution is 2.46. The molecule has 0 saturated heterocycles. The number of halogens is 2. The van der Waals surface area contributed by atoms with Crippen LogP contribution in [0.1, 0.15) is 35.7 Å². The number of para-hydroxylation sites is 1. The molecular weight excluding hydrogens is 407 g/mol. The van der Waals surface area contributed by atoms with Gasteiger partial charge in [0.2, 0.25) is 0 Å². The maximum absolute atomic E-state index is 14.7. The van der Waals surface area contributed by atoms with Gasteiger partial charge in [-0.05, 0) is 43.0 Å². The summed E-state index contributed by atoms with van der Waals surface area (Å²) in [4.78, 5) is 5.92. The maximum Gasteiger partial charge on any atom is 0.125 e. The highest BCUT2D eigenvalue weighted by molar-refractivity contribution is 9.10. The van der Waals surface area contributed by atoms with Gasteiger partial charge in [-0.25, -0.2) is 4.39 Å². The number of hydrogen-bond donors (Lipinski definition) is 1. The zero-order valence-corrected chi connectivity index (χ0v) is 16.9. The lowest BCUT2D eigenvalue weighted by Gasteiger charge is -2.37. The summed E-state index contributed by atoms with van der Waals surface area (Å²) in [5.74, 6) is 0.828. The molecule has 1 aliphatic carbocycles. The van der Waals surface area contributed by atoms with Crippen molar-refractivity contribution in [3.63, 3.8) is 0 Å². The maximum atomic E-state index is 14.7. The molecule has 140 valence electrons. The van der Waals surface area contributed by atoms with E-state index in [1.54, 1.807) is 7.11 Å². The van der Waals surface area contributed by atoms with E-state index in [1.807, 2.05) is 12.1 Å². The Bertz CT molecular complexity index is 1010. The largest absolute Gasteiger partial charge is 0.496 e. The number of benzene rings is 2. The highest BCUT2D eigenvalue weighted by Gasteiger charge is 2.47. The molecule has 1 saturated carbocycles. The number of alkyl halides is 1. The number of rotatable bonds is 4. The Labute approximate surface area is 166 Å². The number of hydrogen-bond acceptors (Lipinski definition) is 2. The monoisotopic (exact) mass is 428 g/mol. The van der Waals surface area contributed by atoms with Crippen LogP contribution in [-0.4, -0.2) is 35.8 Å². The van der Waals surface area contributed by atoms with E-state index < -0.39 is 5.67 Å². The first kappa shape index (κ1) is 17.3. The smallest absolute Gasteiger partial charge is 0.125 e. The summed E-state index contributed by atoms with van der Waals surface area (Å²) < 4.78 is 21.4. The van der Waals surface area contributed by atoms with E-state index in [-0.39, 0.29) is 6.04 Å². The van der Waals surface area contributed by atoms with Gasteiger partial charge >= 0.3 is 0 Å². The topological polar surface area (TPSA) is 28.3 Å². The molecule has 0 bridgehead atoms. The molecule has 3 nitrogen and oxygen atoms in total. The van der Waals surface area contributed by atoms with Crippen molar-refractivity contribution in [1.82, 2.24) is 9.88 Å². The summed E-state index contributed by atoms with van der Waals surface area (Å²) in [6, 6.07) is 14.5. The van der Waals surface area contributed by atoms with Crippen LogP contribution in [0.3, 0.4) is 0 Å². The molecule has 3 aromatic rings. The van der Waals surface area contributed by atoms with Gasteiger partial charge in [0.25, 0.3) is 0 Å². The molecule has 1 atom stereocenters. The lowest BCUT2D eigenvalue weighted by Crippen LogP contribution is -2.40. The predicted molar refractivity (Wildman–Crippen MR) is 109 cm³/mol.